The van der Waals surface area contributed by atoms with Crippen molar-refractivity contribution in [2.75, 3.05) is 18.5 Å². The second-order valence-electron chi connectivity index (χ2n) is 6.18. The van der Waals surface area contributed by atoms with Gasteiger partial charge < -0.3 is 35.0 Å². The third-order valence-corrected chi connectivity index (χ3v) is 3.78. The van der Waals surface area contributed by atoms with Crippen LogP contribution in [0.1, 0.15) is 12.5 Å². The van der Waals surface area contributed by atoms with E-state index in [4.69, 9.17) is 19.7 Å². The van der Waals surface area contributed by atoms with E-state index in [9.17, 15) is 24.6 Å². The zero-order valence-electron chi connectivity index (χ0n) is 15.4. The first-order valence-electron chi connectivity index (χ1n) is 8.46. The van der Waals surface area contributed by atoms with Gasteiger partial charge in [0.1, 0.15) is 30.5 Å². The van der Waals surface area contributed by atoms with Gasteiger partial charge in [-0.1, -0.05) is 17.7 Å². The highest BCUT2D eigenvalue weighted by Crippen LogP contribution is 2.22. The van der Waals surface area contributed by atoms with Crippen molar-refractivity contribution < 1.29 is 49.3 Å². The standard InChI is InChI=1S/C14H19NO7.C3H7FO2/c1-7-2-4-8(5-3-7)15-14(20)22-13-12(19)11(18)10(17)9(6-16)21-13;1-3(2-5)6-4/h2-5,9-13,16-19H,6H2,1H3,(H,15,20);3,5H,2H2,1H3. The highest BCUT2D eigenvalue weighted by Gasteiger charge is 2.45. The number of benzene rings is 1. The number of anilines is 1. The molecule has 0 bridgehead atoms. The first kappa shape index (κ1) is 24.2. The molecule has 0 aliphatic carbocycles. The minimum atomic E-state index is -1.62. The first-order valence-corrected chi connectivity index (χ1v) is 8.46. The fourth-order valence-electron chi connectivity index (χ4n) is 2.08. The minimum absolute atomic E-state index is 0.267. The van der Waals surface area contributed by atoms with Crippen LogP contribution in [0.25, 0.3) is 0 Å². The van der Waals surface area contributed by atoms with Gasteiger partial charge in [0.25, 0.3) is 0 Å². The molecule has 10 nitrogen and oxygen atoms in total. The Morgan fingerprint density at radius 2 is 1.79 bits per heavy atom. The van der Waals surface area contributed by atoms with Crippen molar-refractivity contribution in [2.45, 2.75) is 50.7 Å². The summed E-state index contributed by atoms with van der Waals surface area (Å²) in [7, 11) is 0. The number of nitrogens with one attached hydrogen (secondary N) is 1. The van der Waals surface area contributed by atoms with Crippen LogP contribution < -0.4 is 5.32 Å². The van der Waals surface area contributed by atoms with Gasteiger partial charge in [-0.15, -0.1) is 0 Å². The predicted molar refractivity (Wildman–Crippen MR) is 93.8 cm³/mol. The molecule has 1 aromatic carbocycles. The van der Waals surface area contributed by atoms with E-state index in [2.05, 4.69) is 10.3 Å². The molecule has 2 rings (SSSR count). The summed E-state index contributed by atoms with van der Waals surface area (Å²) in [5.74, 6) is 0. The van der Waals surface area contributed by atoms with E-state index in [0.29, 0.717) is 5.69 Å². The minimum Gasteiger partial charge on any atom is -0.416 e. The summed E-state index contributed by atoms with van der Waals surface area (Å²) < 4.78 is 20.7. The van der Waals surface area contributed by atoms with Crippen LogP contribution in [0.5, 0.6) is 0 Å². The lowest BCUT2D eigenvalue weighted by Gasteiger charge is -2.39. The number of carbonyl (C=O) groups is 1. The quantitative estimate of drug-likeness (QED) is 0.382. The Bertz CT molecular complexity index is 582. The molecular formula is C17H26FNO9. The molecule has 11 heteroatoms. The second kappa shape index (κ2) is 11.9. The number of rotatable bonds is 5. The van der Waals surface area contributed by atoms with Gasteiger partial charge in [0, 0.05) is 5.69 Å². The lowest BCUT2D eigenvalue weighted by molar-refractivity contribution is -0.283. The van der Waals surface area contributed by atoms with Crippen LogP contribution in [0.4, 0.5) is 15.0 Å². The van der Waals surface area contributed by atoms with Crippen LogP contribution in [-0.2, 0) is 14.4 Å². The van der Waals surface area contributed by atoms with E-state index in [-0.39, 0.29) is 6.61 Å². The van der Waals surface area contributed by atoms with Gasteiger partial charge in [-0.2, -0.15) is 4.94 Å². The van der Waals surface area contributed by atoms with Crippen molar-refractivity contribution in [1.29, 1.82) is 0 Å². The van der Waals surface area contributed by atoms with Gasteiger partial charge in [0.2, 0.25) is 6.29 Å². The van der Waals surface area contributed by atoms with Crippen molar-refractivity contribution in [3.63, 3.8) is 0 Å². The molecule has 1 aromatic rings. The van der Waals surface area contributed by atoms with Crippen molar-refractivity contribution in [1.82, 2.24) is 0 Å². The first-order chi connectivity index (χ1) is 13.2. The van der Waals surface area contributed by atoms with Crippen LogP contribution >= 0.6 is 0 Å². The number of ether oxygens (including phenoxy) is 2. The van der Waals surface area contributed by atoms with E-state index in [1.54, 1.807) is 24.3 Å². The second-order valence-corrected chi connectivity index (χ2v) is 6.18. The molecule has 6 atom stereocenters. The Kier molecular flexibility index (Phi) is 10.2. The van der Waals surface area contributed by atoms with Gasteiger partial charge in [-0.25, -0.2) is 4.79 Å². The predicted octanol–water partition coefficient (Wildman–Crippen LogP) is -0.388. The summed E-state index contributed by atoms with van der Waals surface area (Å²) in [5.41, 5.74) is 1.51. The molecule has 1 heterocycles. The fourth-order valence-corrected chi connectivity index (χ4v) is 2.08. The zero-order chi connectivity index (χ0) is 21.3. The van der Waals surface area contributed by atoms with E-state index in [0.717, 1.165) is 5.56 Å². The normalized spacial score (nSPS) is 27.9. The molecule has 6 unspecified atom stereocenters. The van der Waals surface area contributed by atoms with Gasteiger partial charge in [-0.3, -0.25) is 5.32 Å². The maximum atomic E-state index is 11.8. The smallest absolute Gasteiger partial charge is 0.414 e. The maximum absolute atomic E-state index is 11.8. The molecule has 0 spiro atoms. The number of aliphatic hydroxyl groups is 5. The van der Waals surface area contributed by atoms with E-state index in [1.165, 1.54) is 6.92 Å². The van der Waals surface area contributed by atoms with Crippen LogP contribution in [0.15, 0.2) is 24.3 Å². The number of carbonyl (C=O) groups excluding carboxylic acids is 1. The molecule has 6 N–H and O–H groups in total. The highest BCUT2D eigenvalue weighted by molar-refractivity contribution is 5.84. The molecule has 1 aliphatic heterocycles. The molecule has 1 saturated heterocycles. The highest BCUT2D eigenvalue weighted by atomic mass is 19.3. The molecule has 28 heavy (non-hydrogen) atoms. The van der Waals surface area contributed by atoms with Crippen molar-refractivity contribution in [3.05, 3.63) is 29.8 Å². The lowest BCUT2D eigenvalue weighted by atomic mass is 9.99. The van der Waals surface area contributed by atoms with E-state index in [1.807, 2.05) is 6.92 Å². The molecule has 0 aromatic heterocycles. The molecule has 160 valence electrons. The molecule has 0 radical (unpaired) electrons. The molecule has 1 amide bonds. The summed E-state index contributed by atoms with van der Waals surface area (Å²) in [6.07, 6.45) is -8.92. The number of hydrogen-bond acceptors (Lipinski definition) is 9. The Labute approximate surface area is 161 Å². The van der Waals surface area contributed by atoms with Crippen molar-refractivity contribution >= 4 is 11.8 Å². The van der Waals surface area contributed by atoms with Crippen LogP contribution in [0.3, 0.4) is 0 Å². The average Bonchev–Trinajstić information content (AvgIpc) is 2.70. The number of halogens is 1. The monoisotopic (exact) mass is 407 g/mol. The molecular weight excluding hydrogens is 381 g/mol. The fraction of sp³-hybridized carbons (Fsp3) is 0.588. The molecule has 1 aliphatic rings. The third kappa shape index (κ3) is 7.28. The molecule has 1 fully saturated rings. The SMILES string of the molecule is CC(CO)OF.Cc1ccc(NC(=O)OC2OC(CO)C(O)C(O)C2O)cc1. The zero-order valence-corrected chi connectivity index (χ0v) is 15.4. The summed E-state index contributed by atoms with van der Waals surface area (Å²) in [6, 6.07) is 6.93. The summed E-state index contributed by atoms with van der Waals surface area (Å²) in [4.78, 5) is 14.9. The number of aryl methyl sites for hydroxylation is 1. The van der Waals surface area contributed by atoms with Crippen molar-refractivity contribution in [2.24, 2.45) is 0 Å². The van der Waals surface area contributed by atoms with Crippen LogP contribution in [0, 0.1) is 6.92 Å². The Balaban J connectivity index is 0.000000568. The lowest BCUT2D eigenvalue weighted by Crippen LogP contribution is -2.59. The summed E-state index contributed by atoms with van der Waals surface area (Å²) >= 11 is 0. The van der Waals surface area contributed by atoms with Gasteiger partial charge in [0.05, 0.1) is 13.2 Å². The third-order valence-electron chi connectivity index (χ3n) is 3.78. The topological polar surface area (TPSA) is 158 Å². The van der Waals surface area contributed by atoms with Gasteiger partial charge >= 0.3 is 6.09 Å². The Morgan fingerprint density at radius 3 is 2.25 bits per heavy atom. The number of amides is 1. The van der Waals surface area contributed by atoms with Gasteiger partial charge in [0.15, 0.2) is 0 Å². The van der Waals surface area contributed by atoms with Crippen LogP contribution in [0.2, 0.25) is 0 Å². The Morgan fingerprint density at radius 1 is 1.18 bits per heavy atom. The largest absolute Gasteiger partial charge is 0.416 e. The van der Waals surface area contributed by atoms with Gasteiger partial charge in [-0.05, 0) is 30.5 Å². The van der Waals surface area contributed by atoms with E-state index < -0.39 is 49.5 Å². The molecule has 0 saturated carbocycles. The summed E-state index contributed by atoms with van der Waals surface area (Å²) in [6.45, 7) is 2.47. The summed E-state index contributed by atoms with van der Waals surface area (Å²) in [5, 5.41) is 48.4. The number of hydrogen-bond donors (Lipinski definition) is 6. The van der Waals surface area contributed by atoms with E-state index >= 15 is 0 Å². The number of aliphatic hydroxyl groups excluding tert-OH is 5. The van der Waals surface area contributed by atoms with Crippen molar-refractivity contribution in [3.8, 4) is 0 Å². The van der Waals surface area contributed by atoms with Crippen LogP contribution in [-0.4, -0.2) is 81.6 Å². The maximum Gasteiger partial charge on any atom is 0.414 e. The Hall–Kier alpha value is -1.86. The average molecular weight is 407 g/mol.